The first-order chi connectivity index (χ1) is 10.3. The maximum atomic E-state index is 11.6. The molecular weight excluding hydrogens is 290 g/mol. The summed E-state index contributed by atoms with van der Waals surface area (Å²) in [5.41, 5.74) is 0. The third-order valence-electron chi connectivity index (χ3n) is 3.61. The molecule has 0 saturated carbocycles. The molecule has 2 aromatic heterocycles. The normalized spacial score (nSPS) is 19.6. The predicted molar refractivity (Wildman–Crippen MR) is 77.6 cm³/mol. The van der Waals surface area contributed by atoms with Gasteiger partial charge >= 0.3 is 5.97 Å². The Labute approximate surface area is 126 Å². The molecule has 1 fully saturated rings. The number of rotatable bonds is 4. The Morgan fingerprint density at radius 1 is 1.62 bits per heavy atom. The summed E-state index contributed by atoms with van der Waals surface area (Å²) in [6.45, 7) is 2.19. The molecule has 1 aliphatic heterocycles. The minimum absolute atomic E-state index is 0.0524. The number of esters is 1. The zero-order valence-corrected chi connectivity index (χ0v) is 12.6. The van der Waals surface area contributed by atoms with Crippen molar-refractivity contribution >= 4 is 17.3 Å². The van der Waals surface area contributed by atoms with Crippen LogP contribution in [0.5, 0.6) is 0 Å². The van der Waals surface area contributed by atoms with E-state index in [1.54, 1.807) is 11.3 Å². The molecule has 0 bridgehead atoms. The van der Waals surface area contributed by atoms with E-state index in [4.69, 9.17) is 9.26 Å². The van der Waals surface area contributed by atoms with Crippen LogP contribution in [-0.4, -0.2) is 41.2 Å². The molecule has 7 heteroatoms. The van der Waals surface area contributed by atoms with Gasteiger partial charge in [0.2, 0.25) is 11.7 Å². The lowest BCUT2D eigenvalue weighted by molar-refractivity contribution is -0.147. The van der Waals surface area contributed by atoms with Crippen LogP contribution in [0.25, 0.3) is 10.7 Å². The summed E-state index contributed by atoms with van der Waals surface area (Å²) in [5, 5.41) is 5.98. The van der Waals surface area contributed by atoms with Crippen molar-refractivity contribution in [1.82, 2.24) is 15.0 Å². The number of aromatic nitrogens is 2. The number of hydrogen-bond donors (Lipinski definition) is 0. The second-order valence-corrected chi connectivity index (χ2v) is 6.03. The van der Waals surface area contributed by atoms with Crippen molar-refractivity contribution in [3.8, 4) is 10.7 Å². The van der Waals surface area contributed by atoms with E-state index in [9.17, 15) is 4.79 Å². The lowest BCUT2D eigenvalue weighted by atomic mass is 9.98. The van der Waals surface area contributed by atoms with Gasteiger partial charge in [-0.15, -0.1) is 11.3 Å². The van der Waals surface area contributed by atoms with E-state index in [0.717, 1.165) is 24.3 Å². The van der Waals surface area contributed by atoms with Crippen LogP contribution >= 0.6 is 11.3 Å². The largest absolute Gasteiger partial charge is 0.469 e. The van der Waals surface area contributed by atoms with Crippen molar-refractivity contribution in [2.45, 2.75) is 19.4 Å². The molecule has 2 aromatic rings. The molecule has 1 unspecified atom stereocenters. The van der Waals surface area contributed by atoms with Crippen LogP contribution in [0.4, 0.5) is 0 Å². The number of hydrogen-bond acceptors (Lipinski definition) is 7. The fraction of sp³-hybridized carbons (Fsp3) is 0.500. The third-order valence-corrected chi connectivity index (χ3v) is 4.47. The van der Waals surface area contributed by atoms with Gasteiger partial charge in [0, 0.05) is 6.54 Å². The Morgan fingerprint density at radius 2 is 2.52 bits per heavy atom. The van der Waals surface area contributed by atoms with Gasteiger partial charge in [-0.05, 0) is 30.8 Å². The number of carbonyl (C=O) groups excluding carboxylic acids is 1. The SMILES string of the molecule is COC(=O)C1CCCN(Cc2nc(-c3cccs3)no2)C1. The lowest BCUT2D eigenvalue weighted by Gasteiger charge is -2.29. The summed E-state index contributed by atoms with van der Waals surface area (Å²) in [4.78, 5) is 19.2. The van der Waals surface area contributed by atoms with Crippen LogP contribution in [0.2, 0.25) is 0 Å². The molecular formula is C14H17N3O3S. The van der Waals surface area contributed by atoms with Crippen molar-refractivity contribution < 1.29 is 14.1 Å². The summed E-state index contributed by atoms with van der Waals surface area (Å²) >= 11 is 1.58. The molecule has 112 valence electrons. The van der Waals surface area contributed by atoms with Gasteiger partial charge in [-0.2, -0.15) is 4.98 Å². The van der Waals surface area contributed by atoms with E-state index in [0.29, 0.717) is 24.8 Å². The van der Waals surface area contributed by atoms with E-state index in [-0.39, 0.29) is 11.9 Å². The van der Waals surface area contributed by atoms with E-state index in [2.05, 4.69) is 15.0 Å². The van der Waals surface area contributed by atoms with E-state index in [1.165, 1.54) is 7.11 Å². The number of nitrogens with zero attached hydrogens (tertiary/aromatic N) is 3. The Hall–Kier alpha value is -1.73. The van der Waals surface area contributed by atoms with Crippen molar-refractivity contribution in [3.05, 3.63) is 23.4 Å². The quantitative estimate of drug-likeness (QED) is 0.807. The molecule has 1 saturated heterocycles. The summed E-state index contributed by atoms with van der Waals surface area (Å²) in [6, 6.07) is 3.93. The highest BCUT2D eigenvalue weighted by Crippen LogP contribution is 2.23. The summed E-state index contributed by atoms with van der Waals surface area (Å²) in [7, 11) is 1.44. The summed E-state index contributed by atoms with van der Waals surface area (Å²) in [6.07, 6.45) is 1.86. The van der Waals surface area contributed by atoms with Gasteiger partial charge in [-0.1, -0.05) is 11.2 Å². The van der Waals surface area contributed by atoms with Gasteiger partial charge in [0.15, 0.2) is 0 Å². The summed E-state index contributed by atoms with van der Waals surface area (Å²) < 4.78 is 10.1. The van der Waals surface area contributed by atoms with Crippen LogP contribution in [0, 0.1) is 5.92 Å². The highest BCUT2D eigenvalue weighted by molar-refractivity contribution is 7.13. The molecule has 3 rings (SSSR count). The standard InChI is InChI=1S/C14H17N3O3S/c1-19-14(18)10-4-2-6-17(8-10)9-12-15-13(16-20-12)11-5-3-7-21-11/h3,5,7,10H,2,4,6,8-9H2,1H3. The molecule has 1 aliphatic rings. The van der Waals surface area contributed by atoms with Gasteiger partial charge < -0.3 is 9.26 Å². The minimum atomic E-state index is -0.135. The Bertz CT molecular complexity index is 596. The number of thiophene rings is 1. The second-order valence-electron chi connectivity index (χ2n) is 5.09. The number of carbonyl (C=O) groups is 1. The average molecular weight is 307 g/mol. The lowest BCUT2D eigenvalue weighted by Crippen LogP contribution is -2.38. The number of piperidine rings is 1. The molecule has 0 radical (unpaired) electrons. The van der Waals surface area contributed by atoms with Crippen molar-refractivity contribution in [1.29, 1.82) is 0 Å². The van der Waals surface area contributed by atoms with Crippen molar-refractivity contribution in [2.75, 3.05) is 20.2 Å². The maximum Gasteiger partial charge on any atom is 0.309 e. The van der Waals surface area contributed by atoms with Crippen LogP contribution in [0.15, 0.2) is 22.0 Å². The molecule has 0 aromatic carbocycles. The molecule has 0 N–H and O–H groups in total. The fourth-order valence-corrected chi connectivity index (χ4v) is 3.22. The van der Waals surface area contributed by atoms with Crippen LogP contribution in [0.1, 0.15) is 18.7 Å². The van der Waals surface area contributed by atoms with Gasteiger partial charge in [0.25, 0.3) is 0 Å². The number of methoxy groups -OCH3 is 1. The highest BCUT2D eigenvalue weighted by atomic mass is 32.1. The van der Waals surface area contributed by atoms with Crippen molar-refractivity contribution in [3.63, 3.8) is 0 Å². The number of ether oxygens (including phenoxy) is 1. The van der Waals surface area contributed by atoms with Gasteiger partial charge in [0.05, 0.1) is 24.4 Å². The first-order valence-electron chi connectivity index (χ1n) is 6.93. The minimum Gasteiger partial charge on any atom is -0.469 e. The topological polar surface area (TPSA) is 68.5 Å². The average Bonchev–Trinajstić information content (AvgIpc) is 3.17. The van der Waals surface area contributed by atoms with Gasteiger partial charge in [0.1, 0.15) is 0 Å². The second kappa shape index (κ2) is 6.36. The van der Waals surface area contributed by atoms with Gasteiger partial charge in [-0.25, -0.2) is 0 Å². The Kier molecular flexibility index (Phi) is 4.31. The summed E-state index contributed by atoms with van der Waals surface area (Å²) in [5.74, 6) is 1.03. The van der Waals surface area contributed by atoms with Crippen LogP contribution in [0.3, 0.4) is 0 Å². The van der Waals surface area contributed by atoms with Gasteiger partial charge in [-0.3, -0.25) is 9.69 Å². The zero-order chi connectivity index (χ0) is 14.7. The highest BCUT2D eigenvalue weighted by Gasteiger charge is 2.27. The smallest absolute Gasteiger partial charge is 0.309 e. The molecule has 0 spiro atoms. The Balaban J connectivity index is 1.62. The van der Waals surface area contributed by atoms with E-state index in [1.807, 2.05) is 17.5 Å². The monoisotopic (exact) mass is 307 g/mol. The molecule has 21 heavy (non-hydrogen) atoms. The van der Waals surface area contributed by atoms with Crippen LogP contribution in [-0.2, 0) is 16.1 Å². The Morgan fingerprint density at radius 3 is 3.29 bits per heavy atom. The predicted octanol–water partition coefficient (Wildman–Crippen LogP) is 2.18. The van der Waals surface area contributed by atoms with Crippen molar-refractivity contribution in [2.24, 2.45) is 5.92 Å². The zero-order valence-electron chi connectivity index (χ0n) is 11.8. The van der Waals surface area contributed by atoms with E-state index < -0.39 is 0 Å². The molecule has 3 heterocycles. The van der Waals surface area contributed by atoms with Crippen LogP contribution < -0.4 is 0 Å². The molecule has 6 nitrogen and oxygen atoms in total. The molecule has 0 amide bonds. The maximum absolute atomic E-state index is 11.6. The molecule has 1 atom stereocenters. The van der Waals surface area contributed by atoms with E-state index >= 15 is 0 Å². The molecule has 0 aliphatic carbocycles. The third kappa shape index (κ3) is 3.30. The first kappa shape index (κ1) is 14.2. The fourth-order valence-electron chi connectivity index (χ4n) is 2.57. The first-order valence-corrected chi connectivity index (χ1v) is 7.81. The number of likely N-dealkylation sites (tertiary alicyclic amines) is 1.